The molecule has 1 aromatic carbocycles. The topological polar surface area (TPSA) is 54.0 Å². The van der Waals surface area contributed by atoms with Gasteiger partial charge in [-0.3, -0.25) is 4.90 Å². The van der Waals surface area contributed by atoms with Crippen LogP contribution in [0.1, 0.15) is 62.5 Å². The van der Waals surface area contributed by atoms with Crippen molar-refractivity contribution >= 4 is 23.3 Å². The second-order valence-electron chi connectivity index (χ2n) is 11.5. The van der Waals surface area contributed by atoms with Crippen LogP contribution in [0.3, 0.4) is 0 Å². The Bertz CT molecular complexity index is 968. The van der Waals surface area contributed by atoms with Crippen LogP contribution in [0.15, 0.2) is 24.3 Å². The van der Waals surface area contributed by atoms with Crippen molar-refractivity contribution in [3.63, 3.8) is 0 Å². The van der Waals surface area contributed by atoms with Gasteiger partial charge in [-0.25, -0.2) is 4.79 Å². The Morgan fingerprint density at radius 2 is 1.79 bits per heavy atom. The zero-order valence-electron chi connectivity index (χ0n) is 21.8. The monoisotopic (exact) mass is 553 g/mol. The molecule has 10 heteroatoms. The van der Waals surface area contributed by atoms with Crippen molar-refractivity contribution in [2.24, 2.45) is 11.8 Å². The molecule has 210 valence electrons. The standard InChI is InChI=1S/C28H38F3N3O3S/c29-28(30,31)23-9-5-20(6-10-23)17-33-13-11-27(12-14-33)19-34(26(35)37-27)18-21-3-7-22(8-4-21)25(38)32-16-24-2-1-15-36-24/h5-6,9-10,21-22,24H,1-4,7-8,11-19H2,(H,32,38). The van der Waals surface area contributed by atoms with Gasteiger partial charge in [0, 0.05) is 58.1 Å². The minimum absolute atomic E-state index is 0.211. The Morgan fingerprint density at radius 1 is 1.08 bits per heavy atom. The summed E-state index contributed by atoms with van der Waals surface area (Å²) in [6.45, 7) is 5.13. The molecule has 1 unspecified atom stereocenters. The van der Waals surface area contributed by atoms with Gasteiger partial charge in [0.25, 0.3) is 0 Å². The van der Waals surface area contributed by atoms with Crippen LogP contribution in [0, 0.1) is 11.8 Å². The van der Waals surface area contributed by atoms with Crippen LogP contribution in [0.25, 0.3) is 0 Å². The van der Waals surface area contributed by atoms with Crippen LogP contribution < -0.4 is 5.32 Å². The minimum atomic E-state index is -4.32. The first-order valence-electron chi connectivity index (χ1n) is 13.9. The number of amides is 1. The number of hydrogen-bond acceptors (Lipinski definition) is 5. The number of alkyl halides is 3. The molecule has 1 aromatic rings. The van der Waals surface area contributed by atoms with Gasteiger partial charge in [-0.2, -0.15) is 13.2 Å². The Kier molecular flexibility index (Phi) is 8.50. The Labute approximate surface area is 228 Å². The molecule has 38 heavy (non-hydrogen) atoms. The lowest BCUT2D eigenvalue weighted by molar-refractivity contribution is -0.137. The van der Waals surface area contributed by atoms with Crippen LogP contribution in [0.5, 0.6) is 0 Å². The summed E-state index contributed by atoms with van der Waals surface area (Å²) in [6.07, 6.45) is 3.70. The molecule has 6 nitrogen and oxygen atoms in total. The van der Waals surface area contributed by atoms with E-state index in [1.807, 2.05) is 4.90 Å². The number of nitrogens with one attached hydrogen (secondary N) is 1. The van der Waals surface area contributed by atoms with Crippen molar-refractivity contribution in [2.45, 2.75) is 75.8 Å². The number of benzene rings is 1. The van der Waals surface area contributed by atoms with Crippen molar-refractivity contribution in [3.8, 4) is 0 Å². The molecular weight excluding hydrogens is 515 g/mol. The van der Waals surface area contributed by atoms with E-state index in [9.17, 15) is 18.0 Å². The summed E-state index contributed by atoms with van der Waals surface area (Å²) in [6, 6.07) is 5.37. The molecular formula is C28H38F3N3O3S. The van der Waals surface area contributed by atoms with E-state index >= 15 is 0 Å². The highest BCUT2D eigenvalue weighted by molar-refractivity contribution is 7.80. The van der Waals surface area contributed by atoms with Gasteiger partial charge in [0.1, 0.15) is 5.60 Å². The van der Waals surface area contributed by atoms with E-state index in [-0.39, 0.29) is 12.2 Å². The van der Waals surface area contributed by atoms with E-state index in [1.54, 1.807) is 12.1 Å². The van der Waals surface area contributed by atoms with Crippen molar-refractivity contribution in [2.75, 3.05) is 39.3 Å². The van der Waals surface area contributed by atoms with Gasteiger partial charge in [0.05, 0.1) is 23.2 Å². The van der Waals surface area contributed by atoms with Crippen LogP contribution >= 0.6 is 12.2 Å². The largest absolute Gasteiger partial charge is 0.441 e. The number of likely N-dealkylation sites (tertiary alicyclic amines) is 1. The quantitative estimate of drug-likeness (QED) is 0.457. The van der Waals surface area contributed by atoms with Gasteiger partial charge in [-0.05, 0) is 62.1 Å². The van der Waals surface area contributed by atoms with Crippen molar-refractivity contribution in [1.29, 1.82) is 0 Å². The van der Waals surface area contributed by atoms with E-state index in [0.29, 0.717) is 24.9 Å². The molecule has 0 radical (unpaired) electrons. The number of nitrogens with zero attached hydrogens (tertiary/aromatic N) is 2. The van der Waals surface area contributed by atoms with E-state index in [1.165, 1.54) is 0 Å². The van der Waals surface area contributed by atoms with Gasteiger partial charge >= 0.3 is 12.3 Å². The van der Waals surface area contributed by atoms with Crippen LogP contribution in [0.4, 0.5) is 18.0 Å². The third-order valence-corrected chi connectivity index (χ3v) is 9.20. The first kappa shape index (κ1) is 27.6. The van der Waals surface area contributed by atoms with Gasteiger partial charge in [-0.1, -0.05) is 24.4 Å². The third-order valence-electron chi connectivity index (χ3n) is 8.72. The number of thiocarbonyl (C=S) groups is 1. The first-order chi connectivity index (χ1) is 18.2. The molecule has 1 amide bonds. The molecule has 1 spiro atoms. The third kappa shape index (κ3) is 6.80. The van der Waals surface area contributed by atoms with Crippen LogP contribution in [-0.4, -0.2) is 71.9 Å². The van der Waals surface area contributed by atoms with Crippen molar-refractivity contribution in [1.82, 2.24) is 15.1 Å². The molecule has 3 heterocycles. The number of halogens is 3. The Hall–Kier alpha value is -1.91. The van der Waals surface area contributed by atoms with Crippen molar-refractivity contribution < 1.29 is 27.4 Å². The molecule has 5 rings (SSSR count). The zero-order valence-corrected chi connectivity index (χ0v) is 22.6. The molecule has 4 fully saturated rings. The highest BCUT2D eigenvalue weighted by atomic mass is 32.1. The number of rotatable bonds is 7. The predicted octanol–water partition coefficient (Wildman–Crippen LogP) is 5.39. The predicted molar refractivity (Wildman–Crippen MR) is 142 cm³/mol. The Balaban J connectivity index is 1.03. The van der Waals surface area contributed by atoms with Crippen LogP contribution in [0.2, 0.25) is 0 Å². The summed E-state index contributed by atoms with van der Waals surface area (Å²) in [7, 11) is 0. The summed E-state index contributed by atoms with van der Waals surface area (Å²) in [5, 5.41) is 3.43. The summed E-state index contributed by atoms with van der Waals surface area (Å²) in [4.78, 5) is 17.8. The van der Waals surface area contributed by atoms with E-state index in [4.69, 9.17) is 21.7 Å². The normalized spacial score (nSPS) is 28.0. The number of hydrogen-bond donors (Lipinski definition) is 1. The van der Waals surface area contributed by atoms with Crippen molar-refractivity contribution in [3.05, 3.63) is 35.4 Å². The number of ether oxygens (including phenoxy) is 2. The van der Waals surface area contributed by atoms with E-state index in [2.05, 4.69) is 10.2 Å². The average Bonchev–Trinajstić information content (AvgIpc) is 3.52. The Morgan fingerprint density at radius 3 is 2.42 bits per heavy atom. The SMILES string of the molecule is O=C1OC2(CCN(Cc3ccc(C(F)(F)F)cc3)CC2)CN1CC1CCC(C(=S)NCC2CCCO2)CC1. The van der Waals surface area contributed by atoms with Gasteiger partial charge in [0.15, 0.2) is 0 Å². The van der Waals surface area contributed by atoms with Crippen LogP contribution in [-0.2, 0) is 22.2 Å². The first-order valence-corrected chi connectivity index (χ1v) is 14.4. The van der Waals surface area contributed by atoms with Gasteiger partial charge in [-0.15, -0.1) is 0 Å². The average molecular weight is 554 g/mol. The fraction of sp³-hybridized carbons (Fsp3) is 0.714. The lowest BCUT2D eigenvalue weighted by Crippen LogP contribution is -2.46. The minimum Gasteiger partial charge on any atom is -0.441 e. The summed E-state index contributed by atoms with van der Waals surface area (Å²) < 4.78 is 50.1. The summed E-state index contributed by atoms with van der Waals surface area (Å²) in [5.41, 5.74) is -0.214. The fourth-order valence-corrected chi connectivity index (χ4v) is 6.67. The molecule has 1 aliphatic carbocycles. The summed E-state index contributed by atoms with van der Waals surface area (Å²) >= 11 is 5.66. The van der Waals surface area contributed by atoms with Gasteiger partial charge < -0.3 is 19.7 Å². The maximum absolute atomic E-state index is 12.8. The molecule has 0 bridgehead atoms. The maximum atomic E-state index is 12.8. The van der Waals surface area contributed by atoms with E-state index in [0.717, 1.165) is 107 Å². The zero-order chi connectivity index (χ0) is 26.8. The second kappa shape index (κ2) is 11.7. The highest BCUT2D eigenvalue weighted by Crippen LogP contribution is 2.37. The lowest BCUT2D eigenvalue weighted by atomic mass is 9.81. The van der Waals surface area contributed by atoms with E-state index < -0.39 is 17.3 Å². The number of carbonyl (C=O) groups is 1. The molecule has 1 saturated carbocycles. The number of piperidine rings is 1. The lowest BCUT2D eigenvalue weighted by Gasteiger charge is -2.37. The molecule has 4 aliphatic rings. The van der Waals surface area contributed by atoms with Gasteiger partial charge in [0.2, 0.25) is 0 Å². The molecule has 1 N–H and O–H groups in total. The molecule has 1 atom stereocenters. The fourth-order valence-electron chi connectivity index (χ4n) is 6.35. The molecule has 3 aliphatic heterocycles. The molecule has 3 saturated heterocycles. The highest BCUT2D eigenvalue weighted by Gasteiger charge is 2.47. The molecule has 0 aromatic heterocycles. The smallest absolute Gasteiger partial charge is 0.416 e. The summed E-state index contributed by atoms with van der Waals surface area (Å²) in [5.74, 6) is 0.878. The maximum Gasteiger partial charge on any atom is 0.416 e. The number of carbonyl (C=O) groups excluding carboxylic acids is 1. The second-order valence-corrected chi connectivity index (χ2v) is 11.9.